The number of anilines is 1. The van der Waals surface area contributed by atoms with Crippen LogP contribution in [0.5, 0.6) is 0 Å². The number of aliphatic hydroxyl groups excluding tert-OH is 1. The predicted octanol–water partition coefficient (Wildman–Crippen LogP) is 6.67. The highest BCUT2D eigenvalue weighted by Gasteiger charge is 2.57. The zero-order valence-electron chi connectivity index (χ0n) is 44.1. The van der Waals surface area contributed by atoms with Gasteiger partial charge in [0.1, 0.15) is 39.6 Å². The fraction of sp³-hybridized carbons (Fsp3) is 0.528. The van der Waals surface area contributed by atoms with Gasteiger partial charge in [-0.25, -0.2) is 28.4 Å². The molecule has 4 fully saturated rings. The first-order valence-electron chi connectivity index (χ1n) is 25.6. The molecule has 0 spiro atoms. The molecule has 1 saturated carbocycles. The van der Waals surface area contributed by atoms with Crippen LogP contribution in [0.4, 0.5) is 50.5 Å². The van der Waals surface area contributed by atoms with Crippen LogP contribution in [0, 0.1) is 34.3 Å². The highest BCUT2D eigenvalue weighted by molar-refractivity contribution is 7.14. The molecule has 18 nitrogen and oxygen atoms in total. The average molecular weight is 1150 g/mol. The van der Waals surface area contributed by atoms with Gasteiger partial charge in [0.25, 0.3) is 5.91 Å². The van der Waals surface area contributed by atoms with Gasteiger partial charge < -0.3 is 40.5 Å². The zero-order valence-corrected chi connectivity index (χ0v) is 44.9. The van der Waals surface area contributed by atoms with Crippen molar-refractivity contribution in [3.05, 3.63) is 93.6 Å². The van der Waals surface area contributed by atoms with Crippen LogP contribution in [0.25, 0.3) is 10.6 Å². The summed E-state index contributed by atoms with van der Waals surface area (Å²) in [6.07, 6.45) is -10.8. The van der Waals surface area contributed by atoms with E-state index >= 15 is 8.78 Å². The molecule has 6 N–H and O–H groups in total. The van der Waals surface area contributed by atoms with Gasteiger partial charge in [-0.3, -0.25) is 19.9 Å². The fourth-order valence-corrected chi connectivity index (χ4v) is 10.8. The molecular weight excluding hydrogens is 1090 g/mol. The van der Waals surface area contributed by atoms with Gasteiger partial charge in [-0.05, 0) is 102 Å². The van der Waals surface area contributed by atoms with Gasteiger partial charge in [-0.1, -0.05) is 35.3 Å². The number of aromatic nitrogens is 3. The van der Waals surface area contributed by atoms with E-state index in [-0.39, 0.29) is 16.5 Å². The number of methoxy groups -OCH3 is 1. The summed E-state index contributed by atoms with van der Waals surface area (Å²) in [7, 11) is 0.840. The largest absolute Gasteiger partial charge is 0.465 e. The molecule has 27 heteroatoms. The maximum atomic E-state index is 16.1. The van der Waals surface area contributed by atoms with Gasteiger partial charge in [-0.2, -0.15) is 26.3 Å². The summed E-state index contributed by atoms with van der Waals surface area (Å²) in [4.78, 5) is 61.8. The molecule has 2 aromatic heterocycles. The molecule has 2 bridgehead atoms. The molecule has 3 saturated heterocycles. The Morgan fingerprint density at radius 2 is 1.40 bits per heavy atom. The molecule has 0 radical (unpaired) electrons. The van der Waals surface area contributed by atoms with Gasteiger partial charge in [0.2, 0.25) is 5.91 Å². The summed E-state index contributed by atoms with van der Waals surface area (Å²) < 4.78 is 129. The summed E-state index contributed by atoms with van der Waals surface area (Å²) in [6, 6.07) is 6.24. The van der Waals surface area contributed by atoms with E-state index in [0.29, 0.717) is 72.5 Å². The van der Waals surface area contributed by atoms with E-state index in [9.17, 15) is 55.7 Å². The fourth-order valence-electron chi connectivity index (χ4n) is 9.85. The number of carboxylic acid groups (broad SMARTS) is 1. The first-order valence-corrected chi connectivity index (χ1v) is 26.4. The molecule has 80 heavy (non-hydrogen) atoms. The molecule has 2 aromatic carbocycles. The lowest BCUT2D eigenvalue weighted by Crippen LogP contribution is -2.63. The number of benzene rings is 2. The second kappa shape index (κ2) is 23.8. The van der Waals surface area contributed by atoms with Crippen LogP contribution in [0.3, 0.4) is 0 Å². The van der Waals surface area contributed by atoms with Crippen molar-refractivity contribution in [1.29, 1.82) is 0 Å². The number of hydrazine groups is 1. The van der Waals surface area contributed by atoms with Crippen LogP contribution in [-0.2, 0) is 32.0 Å². The van der Waals surface area contributed by atoms with E-state index in [1.807, 2.05) is 22.9 Å². The van der Waals surface area contributed by atoms with Gasteiger partial charge in [-0.15, -0.1) is 10.2 Å². The van der Waals surface area contributed by atoms with Gasteiger partial charge >= 0.3 is 24.5 Å². The second-order valence-electron chi connectivity index (χ2n) is 21.6. The minimum Gasteiger partial charge on any atom is -0.465 e. The number of hydrogen-bond donors (Lipinski definition) is 6. The zero-order chi connectivity index (χ0) is 58.1. The number of alkyl halides is 6. The highest BCUT2D eigenvalue weighted by Crippen LogP contribution is 2.44. The number of nitrogens with zero attached hydrogens (tertiary/aromatic N) is 6. The number of aliphatic hydroxyl groups is 1. The van der Waals surface area contributed by atoms with Crippen LogP contribution < -0.4 is 26.3 Å². The summed E-state index contributed by atoms with van der Waals surface area (Å²) in [5.74, 6) is 1.35. The number of carbonyl (C=O) groups excluding carboxylic acids is 3. The Kier molecular flexibility index (Phi) is 17.6. The Bertz CT molecular complexity index is 2930. The molecular formula is C53H60F8N10O8S. The minimum absolute atomic E-state index is 0.0317. The molecule has 6 atom stereocenters. The average Bonchev–Trinajstić information content (AvgIpc) is 4.09. The van der Waals surface area contributed by atoms with Crippen molar-refractivity contribution in [2.75, 3.05) is 44.9 Å². The Balaban J connectivity index is 1.07. The van der Waals surface area contributed by atoms with Gasteiger partial charge in [0.05, 0.1) is 49.3 Å². The molecule has 3 aliphatic heterocycles. The summed E-state index contributed by atoms with van der Waals surface area (Å²) >= 11 is 1.11. The molecule has 5 heterocycles. The van der Waals surface area contributed by atoms with Crippen molar-refractivity contribution in [1.82, 2.24) is 46.5 Å². The third kappa shape index (κ3) is 13.5. The summed E-state index contributed by atoms with van der Waals surface area (Å²) in [6.45, 7) is 3.36. The number of rotatable bonds is 19. The number of fused-ring (bicyclic) bond motifs is 2. The van der Waals surface area contributed by atoms with E-state index in [0.717, 1.165) is 88.4 Å². The monoisotopic (exact) mass is 1150 g/mol. The lowest BCUT2D eigenvalue weighted by molar-refractivity contribution is -0.221. The van der Waals surface area contributed by atoms with E-state index in [2.05, 4.69) is 46.9 Å². The Morgan fingerprint density at radius 3 is 1.93 bits per heavy atom. The van der Waals surface area contributed by atoms with Gasteiger partial charge in [0, 0.05) is 72.6 Å². The summed E-state index contributed by atoms with van der Waals surface area (Å²) in [5.41, 5.74) is -3.57. The molecule has 4 aliphatic rings. The maximum absolute atomic E-state index is 16.1. The van der Waals surface area contributed by atoms with Crippen LogP contribution in [0.2, 0.25) is 0 Å². The minimum atomic E-state index is -5.24. The summed E-state index contributed by atoms with van der Waals surface area (Å²) in [5, 5.41) is 36.8. The predicted molar refractivity (Wildman–Crippen MR) is 274 cm³/mol. The second-order valence-corrected chi connectivity index (χ2v) is 22.6. The molecule has 1 aliphatic carbocycles. The number of halogens is 8. The van der Waals surface area contributed by atoms with E-state index < -0.39 is 108 Å². The third-order valence-electron chi connectivity index (χ3n) is 15.1. The normalized spacial score (nSPS) is 19.5. The third-order valence-corrected chi connectivity index (χ3v) is 16.3. The van der Waals surface area contributed by atoms with Crippen LogP contribution in [0.1, 0.15) is 86.6 Å². The smallest absolute Gasteiger partial charge is 0.407 e. The van der Waals surface area contributed by atoms with Crippen molar-refractivity contribution in [2.45, 2.75) is 127 Å². The molecule has 4 amide bonds. The number of piperazine rings is 1. The highest BCUT2D eigenvalue weighted by atomic mass is 32.1. The van der Waals surface area contributed by atoms with E-state index in [1.54, 1.807) is 18.3 Å². The Labute approximate surface area is 458 Å². The number of amides is 4. The van der Waals surface area contributed by atoms with Crippen LogP contribution in [-0.4, -0.2) is 154 Å². The SMILES string of the molecule is COC(=O)NC(C(=O)NC(Cc1ccc(C#Cc2ccc(N3CC4CCC(C3)N4C3COC3)nc2)cc1)C(O)CN(Cc1c(F)cc(-c2nnc(C3CC3)s2)cc1F)NC(=O)C(NC(=O)O)C(C)(C)C(F)(F)F)C(C)(C)C(F)(F)F. The first kappa shape index (κ1) is 59.4. The van der Waals surface area contributed by atoms with Crippen molar-refractivity contribution in [3.8, 4) is 22.4 Å². The van der Waals surface area contributed by atoms with Crippen molar-refractivity contribution >= 4 is 41.2 Å². The molecule has 432 valence electrons. The topological polar surface area (TPSA) is 224 Å². The van der Waals surface area contributed by atoms with Gasteiger partial charge in [0.15, 0.2) is 0 Å². The number of nitrogens with one attached hydrogen (secondary N) is 4. The molecule has 6 unspecified atom stereocenters. The van der Waals surface area contributed by atoms with E-state index in [4.69, 9.17) is 4.74 Å². The lowest BCUT2D eigenvalue weighted by atomic mass is 9.82. The van der Waals surface area contributed by atoms with Crippen molar-refractivity contribution < 1.29 is 74.0 Å². The Morgan fingerprint density at radius 1 is 0.812 bits per heavy atom. The quantitative estimate of drug-likeness (QED) is 0.0328. The Hall–Kier alpha value is -6.73. The van der Waals surface area contributed by atoms with Crippen LogP contribution in [0.15, 0.2) is 54.7 Å². The maximum Gasteiger partial charge on any atom is 0.407 e. The number of carbonyl (C=O) groups is 4. The number of hydrogen-bond acceptors (Lipinski definition) is 14. The standard InChI is InChI=1S/C53H60F8N10O8S/c1-50(2,52(56,57)58)42(65-49(77)78-5)44(73)63-39(18-29-9-6-28(7-10-29)8-11-30-12-17-41(62-21-30)69-22-33-15-16-34(23-69)71(33)35-26-79-27-35)40(72)25-70(68-45(74)43(64-48(75)76)51(3,4)53(59,60)61)24-36-37(54)19-32(20-38(36)55)47-67-66-46(80-47)31-13-14-31/h6-7,9-10,12,17,19-21,31,33-35,39-40,42-43,64,72H,13-16,18,22-27H2,1-5H3,(H,63,73)(H,65,77)(H,68,74)(H,75,76). The molecule has 4 aromatic rings. The number of alkyl carbamates (subject to hydrolysis) is 1. The first-order chi connectivity index (χ1) is 37.6. The van der Waals surface area contributed by atoms with Crippen molar-refractivity contribution in [2.24, 2.45) is 10.8 Å². The number of pyridine rings is 1. The molecule has 8 rings (SSSR count). The van der Waals surface area contributed by atoms with Crippen molar-refractivity contribution in [3.63, 3.8) is 0 Å². The lowest BCUT2D eigenvalue weighted by Gasteiger charge is -2.47. The number of ether oxygens (including phenoxy) is 2. The van der Waals surface area contributed by atoms with Crippen LogP contribution >= 0.6 is 11.3 Å². The van der Waals surface area contributed by atoms with E-state index in [1.165, 1.54) is 17.4 Å².